The van der Waals surface area contributed by atoms with Crippen LogP contribution in [-0.2, 0) is 14.3 Å². The average Bonchev–Trinajstić information content (AvgIpc) is 1.76. The van der Waals surface area contributed by atoms with E-state index in [0.29, 0.717) is 6.42 Å². The third kappa shape index (κ3) is 59.4. The molecule has 9 nitrogen and oxygen atoms in total. The van der Waals surface area contributed by atoms with E-state index in [9.17, 15) is 30.3 Å². The molecule has 1 heterocycles. The molecule has 91 heavy (non-hydrogen) atoms. The van der Waals surface area contributed by atoms with Gasteiger partial charge in [-0.15, -0.1) is 0 Å². The maximum atomic E-state index is 13.2. The maximum Gasteiger partial charge on any atom is 0.220 e. The van der Waals surface area contributed by atoms with Crippen molar-refractivity contribution in [1.82, 2.24) is 5.32 Å². The molecule has 1 aliphatic rings. The van der Waals surface area contributed by atoms with E-state index in [1.54, 1.807) is 6.08 Å². The summed E-state index contributed by atoms with van der Waals surface area (Å²) in [5.74, 6) is -0.181. The Labute approximate surface area is 565 Å². The van der Waals surface area contributed by atoms with E-state index in [1.165, 1.54) is 360 Å². The molecule has 1 fully saturated rings. The SMILES string of the molecule is CCCCCCCCCCCCCCCCCCCCCC/C=C/CC/C=C/CC/C=C/C(O)C(COC1OC(CO)C(O)C(O)C1O)NC(=O)CCCCCCCCCCCCCCCCCCCCCCCCCCCCCCCCCCCCCCCC. The number of allylic oxidation sites excluding steroid dienone is 5. The Morgan fingerprint density at radius 3 is 0.923 bits per heavy atom. The highest BCUT2D eigenvalue weighted by molar-refractivity contribution is 5.76. The van der Waals surface area contributed by atoms with Crippen LogP contribution < -0.4 is 5.32 Å². The second-order valence-corrected chi connectivity index (χ2v) is 28.6. The lowest BCUT2D eigenvalue weighted by Crippen LogP contribution is -2.60. The first-order chi connectivity index (χ1) is 44.8. The van der Waals surface area contributed by atoms with Gasteiger partial charge in [0.15, 0.2) is 6.29 Å². The second kappa shape index (κ2) is 71.2. The van der Waals surface area contributed by atoms with Crippen molar-refractivity contribution < 1.29 is 39.8 Å². The Balaban J connectivity index is 2.07. The number of carbonyl (C=O) groups excluding carboxylic acids is 1. The van der Waals surface area contributed by atoms with Gasteiger partial charge in [-0.1, -0.05) is 410 Å². The van der Waals surface area contributed by atoms with E-state index in [0.717, 1.165) is 44.9 Å². The Bertz CT molecular complexity index is 1540. The van der Waals surface area contributed by atoms with E-state index in [4.69, 9.17) is 9.47 Å². The minimum atomic E-state index is -1.58. The van der Waals surface area contributed by atoms with Crippen molar-refractivity contribution in [2.24, 2.45) is 0 Å². The number of aliphatic hydroxyl groups is 5. The van der Waals surface area contributed by atoms with Crippen molar-refractivity contribution in [2.45, 2.75) is 468 Å². The summed E-state index contributed by atoms with van der Waals surface area (Å²) < 4.78 is 11.3. The van der Waals surface area contributed by atoms with Crippen molar-refractivity contribution in [3.8, 4) is 0 Å². The van der Waals surface area contributed by atoms with Gasteiger partial charge in [-0.25, -0.2) is 0 Å². The standard InChI is InChI=1S/C82H157NO8/c1-3-5-7-9-11-13-15-17-19-21-23-25-27-29-31-33-35-36-37-38-39-40-41-42-44-46-48-50-52-54-56-58-60-62-64-66-68-70-72-78(86)83-75(74-90-82-81(89)80(88)79(87)77(73-84)91-82)76(85)71-69-67-65-63-61-59-57-55-53-51-49-47-45-43-34-32-30-28-26-24-22-20-18-16-14-12-10-8-6-4-2/h53,55,61,63,69,71,75-77,79-82,84-85,87-89H,3-52,54,56-60,62,64-68,70,72-74H2,1-2H3,(H,83,86)/b55-53+,63-61+,71-69+. The van der Waals surface area contributed by atoms with Crippen molar-refractivity contribution in [2.75, 3.05) is 13.2 Å². The predicted molar refractivity (Wildman–Crippen MR) is 392 cm³/mol. The molecule has 7 atom stereocenters. The van der Waals surface area contributed by atoms with Crippen LogP contribution in [-0.4, -0.2) is 87.5 Å². The van der Waals surface area contributed by atoms with Gasteiger partial charge in [0.05, 0.1) is 25.4 Å². The van der Waals surface area contributed by atoms with Gasteiger partial charge in [0.1, 0.15) is 24.4 Å². The van der Waals surface area contributed by atoms with Crippen LogP contribution in [0, 0.1) is 0 Å². The van der Waals surface area contributed by atoms with E-state index >= 15 is 0 Å². The molecule has 1 rings (SSSR count). The minimum absolute atomic E-state index is 0.181. The van der Waals surface area contributed by atoms with Gasteiger partial charge in [-0.05, 0) is 44.9 Å². The fourth-order valence-electron chi connectivity index (χ4n) is 13.4. The van der Waals surface area contributed by atoms with Crippen molar-refractivity contribution in [3.05, 3.63) is 36.5 Å². The molecule has 0 aromatic heterocycles. The molecule has 7 unspecified atom stereocenters. The Kier molecular flexibility index (Phi) is 68.4. The van der Waals surface area contributed by atoms with Crippen molar-refractivity contribution >= 4 is 5.91 Å². The number of hydrogen-bond acceptors (Lipinski definition) is 8. The molecule has 0 aromatic rings. The summed E-state index contributed by atoms with van der Waals surface area (Å²) in [7, 11) is 0. The molecule has 0 spiro atoms. The number of carbonyl (C=O) groups is 1. The van der Waals surface area contributed by atoms with Gasteiger partial charge in [0.2, 0.25) is 5.91 Å². The zero-order chi connectivity index (χ0) is 65.7. The average molecular weight is 1290 g/mol. The number of unbranched alkanes of at least 4 members (excludes halogenated alkanes) is 59. The summed E-state index contributed by atoms with van der Waals surface area (Å²) in [4.78, 5) is 13.2. The van der Waals surface area contributed by atoms with E-state index in [-0.39, 0.29) is 12.5 Å². The molecule has 0 saturated carbocycles. The summed E-state index contributed by atoms with van der Waals surface area (Å²) in [6, 6.07) is -0.829. The van der Waals surface area contributed by atoms with Crippen molar-refractivity contribution in [3.63, 3.8) is 0 Å². The molecule has 1 aliphatic heterocycles. The van der Waals surface area contributed by atoms with E-state index in [2.05, 4.69) is 43.5 Å². The predicted octanol–water partition coefficient (Wildman–Crippen LogP) is 23.3. The largest absolute Gasteiger partial charge is 0.394 e. The smallest absolute Gasteiger partial charge is 0.220 e. The molecule has 0 bridgehead atoms. The number of amides is 1. The second-order valence-electron chi connectivity index (χ2n) is 28.6. The molecule has 1 amide bonds. The minimum Gasteiger partial charge on any atom is -0.394 e. The highest BCUT2D eigenvalue weighted by Gasteiger charge is 2.44. The highest BCUT2D eigenvalue weighted by atomic mass is 16.7. The Morgan fingerprint density at radius 1 is 0.363 bits per heavy atom. The molecular weight excluding hydrogens is 1130 g/mol. The van der Waals surface area contributed by atoms with Gasteiger partial charge >= 0.3 is 0 Å². The zero-order valence-electron chi connectivity index (χ0n) is 60.6. The Hall–Kier alpha value is -1.59. The van der Waals surface area contributed by atoms with Crippen LogP contribution in [0.1, 0.15) is 425 Å². The Morgan fingerprint density at radius 2 is 0.626 bits per heavy atom. The lowest BCUT2D eigenvalue weighted by molar-refractivity contribution is -0.302. The fraction of sp³-hybridized carbons (Fsp3) is 0.915. The van der Waals surface area contributed by atoms with E-state index < -0.39 is 49.5 Å². The van der Waals surface area contributed by atoms with E-state index in [1.807, 2.05) is 6.08 Å². The number of aliphatic hydroxyl groups excluding tert-OH is 5. The summed E-state index contributed by atoms with van der Waals surface area (Å²) in [5, 5.41) is 54.9. The number of hydrogen-bond donors (Lipinski definition) is 6. The maximum absolute atomic E-state index is 13.2. The lowest BCUT2D eigenvalue weighted by atomic mass is 9.99. The van der Waals surface area contributed by atoms with Gasteiger partial charge in [-0.2, -0.15) is 0 Å². The van der Waals surface area contributed by atoms with Gasteiger partial charge in [0.25, 0.3) is 0 Å². The first-order valence-corrected chi connectivity index (χ1v) is 40.7. The molecular formula is C82H157NO8. The first kappa shape index (κ1) is 87.4. The zero-order valence-corrected chi connectivity index (χ0v) is 60.6. The number of rotatable bonds is 73. The van der Waals surface area contributed by atoms with Crippen molar-refractivity contribution in [1.29, 1.82) is 0 Å². The number of nitrogens with one attached hydrogen (secondary N) is 1. The fourth-order valence-corrected chi connectivity index (χ4v) is 13.4. The van der Waals surface area contributed by atoms with Crippen LogP contribution in [0.5, 0.6) is 0 Å². The molecule has 0 aliphatic carbocycles. The first-order valence-electron chi connectivity index (χ1n) is 40.7. The highest BCUT2D eigenvalue weighted by Crippen LogP contribution is 2.24. The summed E-state index contributed by atoms with van der Waals surface area (Å²) in [6.45, 7) is 3.83. The molecule has 9 heteroatoms. The molecule has 0 radical (unpaired) electrons. The van der Waals surface area contributed by atoms with Crippen LogP contribution >= 0.6 is 0 Å². The summed E-state index contributed by atoms with van der Waals surface area (Å²) in [5.41, 5.74) is 0. The lowest BCUT2D eigenvalue weighted by Gasteiger charge is -2.40. The van der Waals surface area contributed by atoms with Crippen LogP contribution in [0.15, 0.2) is 36.5 Å². The molecule has 538 valence electrons. The normalized spacial score (nSPS) is 17.8. The monoisotopic (exact) mass is 1280 g/mol. The molecule has 1 saturated heterocycles. The summed E-state index contributed by atoms with van der Waals surface area (Å²) in [6.07, 6.45) is 90.3. The van der Waals surface area contributed by atoms with Crippen LogP contribution in [0.2, 0.25) is 0 Å². The summed E-state index contributed by atoms with van der Waals surface area (Å²) >= 11 is 0. The molecule has 0 aromatic carbocycles. The molecule has 6 N–H and O–H groups in total. The van der Waals surface area contributed by atoms with Crippen LogP contribution in [0.25, 0.3) is 0 Å². The quantitative estimate of drug-likeness (QED) is 0.0261. The van der Waals surface area contributed by atoms with Gasteiger partial charge in [0, 0.05) is 6.42 Å². The number of ether oxygens (including phenoxy) is 2. The van der Waals surface area contributed by atoms with Gasteiger partial charge in [-0.3, -0.25) is 4.79 Å². The third-order valence-corrected chi connectivity index (χ3v) is 19.7. The van der Waals surface area contributed by atoms with Gasteiger partial charge < -0.3 is 40.3 Å². The van der Waals surface area contributed by atoms with Crippen LogP contribution in [0.4, 0.5) is 0 Å². The topological polar surface area (TPSA) is 149 Å². The third-order valence-electron chi connectivity index (χ3n) is 19.7. The van der Waals surface area contributed by atoms with Crippen LogP contribution in [0.3, 0.4) is 0 Å².